The van der Waals surface area contributed by atoms with Crippen LogP contribution in [0.3, 0.4) is 0 Å². The van der Waals surface area contributed by atoms with Crippen molar-refractivity contribution in [2.24, 2.45) is 5.41 Å². The van der Waals surface area contributed by atoms with Crippen LogP contribution in [0.1, 0.15) is 24.8 Å². The zero-order valence-corrected chi connectivity index (χ0v) is 8.82. The van der Waals surface area contributed by atoms with Crippen LogP contribution in [-0.4, -0.2) is 11.1 Å². The molecule has 16 heavy (non-hydrogen) atoms. The van der Waals surface area contributed by atoms with Crippen molar-refractivity contribution in [3.63, 3.8) is 0 Å². The lowest BCUT2D eigenvalue weighted by Crippen LogP contribution is -2.35. The monoisotopic (exact) mass is 220 g/mol. The molecule has 2 rings (SSSR count). The topological polar surface area (TPSA) is 37.3 Å². The first kappa shape index (κ1) is 10.9. The number of aliphatic carboxylic acids is 1. The normalized spacial score (nSPS) is 18.3. The molecule has 0 atom stereocenters. The zero-order valence-electron chi connectivity index (χ0n) is 8.82. The second kappa shape index (κ2) is 4.08. The molecule has 1 fully saturated rings. The van der Waals surface area contributed by atoms with E-state index in [2.05, 4.69) is 0 Å². The number of hydrogen-bond donors (Lipinski definition) is 1. The highest BCUT2D eigenvalue weighted by Crippen LogP contribution is 2.42. The van der Waals surface area contributed by atoms with Crippen molar-refractivity contribution in [1.82, 2.24) is 0 Å². The third-order valence-electron chi connectivity index (χ3n) is 3.14. The van der Waals surface area contributed by atoms with E-state index in [1.54, 1.807) is 24.3 Å². The molecule has 1 aliphatic carbocycles. The van der Waals surface area contributed by atoms with Gasteiger partial charge in [-0.1, -0.05) is 30.7 Å². The molecule has 1 N–H and O–H groups in total. The molecule has 0 amide bonds. The van der Waals surface area contributed by atoms with Gasteiger partial charge in [0, 0.05) is 0 Å². The molecule has 1 aliphatic rings. The van der Waals surface area contributed by atoms with Crippen LogP contribution >= 0.6 is 0 Å². The van der Waals surface area contributed by atoms with Crippen molar-refractivity contribution in [2.75, 3.05) is 0 Å². The number of rotatable bonds is 3. The Kier molecular flexibility index (Phi) is 2.77. The van der Waals surface area contributed by atoms with Gasteiger partial charge in [-0.15, -0.1) is 0 Å². The van der Waals surface area contributed by atoms with E-state index in [-0.39, 0.29) is 5.82 Å². The largest absolute Gasteiger partial charge is 0.481 e. The second-order valence-corrected chi connectivity index (χ2v) is 4.20. The maximum Gasteiger partial charge on any atom is 0.313 e. The van der Waals surface area contributed by atoms with Gasteiger partial charge in [-0.2, -0.15) is 0 Å². The minimum atomic E-state index is -0.767. The summed E-state index contributed by atoms with van der Waals surface area (Å²) in [5, 5.41) is 9.09. The number of hydrogen-bond acceptors (Lipinski definition) is 1. The summed E-state index contributed by atoms with van der Waals surface area (Å²) in [5.74, 6) is -1.05. The number of benzene rings is 1. The Morgan fingerprint density at radius 2 is 1.94 bits per heavy atom. The zero-order chi connectivity index (χ0) is 11.6. The Morgan fingerprint density at radius 3 is 2.38 bits per heavy atom. The van der Waals surface area contributed by atoms with Gasteiger partial charge < -0.3 is 5.11 Å². The van der Waals surface area contributed by atoms with Crippen LogP contribution in [0, 0.1) is 11.2 Å². The lowest BCUT2D eigenvalue weighted by Gasteiger charge is -2.34. The quantitative estimate of drug-likeness (QED) is 0.849. The molecule has 0 spiro atoms. The summed E-state index contributed by atoms with van der Waals surface area (Å²) in [6, 6.07) is 6.02. The first-order valence-electron chi connectivity index (χ1n) is 5.31. The number of halogens is 1. The minimum Gasteiger partial charge on any atom is -0.481 e. The van der Waals surface area contributed by atoms with Gasteiger partial charge in [0.15, 0.2) is 0 Å². The van der Waals surface area contributed by atoms with Crippen LogP contribution in [-0.2, 0) is 4.79 Å². The van der Waals surface area contributed by atoms with Crippen molar-refractivity contribution < 1.29 is 14.3 Å². The van der Waals surface area contributed by atoms with Crippen molar-refractivity contribution in [2.45, 2.75) is 19.3 Å². The predicted octanol–water partition coefficient (Wildman–Crippen LogP) is 3.09. The predicted molar refractivity (Wildman–Crippen MR) is 59.4 cm³/mol. The van der Waals surface area contributed by atoms with Crippen LogP contribution in [0.4, 0.5) is 4.39 Å². The highest BCUT2D eigenvalue weighted by molar-refractivity contribution is 5.79. The van der Waals surface area contributed by atoms with Crippen molar-refractivity contribution >= 4 is 12.0 Å². The SMILES string of the molecule is O=C(O)C1(/C=C/c2ccc(F)cc2)CCC1. The molecular formula is C13H13FO2. The minimum absolute atomic E-state index is 0.284. The van der Waals surface area contributed by atoms with Crippen LogP contribution in [0.25, 0.3) is 6.08 Å². The van der Waals surface area contributed by atoms with Gasteiger partial charge in [0.25, 0.3) is 0 Å². The Hall–Kier alpha value is -1.64. The highest BCUT2D eigenvalue weighted by atomic mass is 19.1. The Balaban J connectivity index is 2.14. The Bertz CT molecular complexity index is 416. The molecule has 0 unspecified atom stereocenters. The molecular weight excluding hydrogens is 207 g/mol. The fourth-order valence-electron chi connectivity index (χ4n) is 1.84. The molecule has 0 saturated heterocycles. The summed E-state index contributed by atoms with van der Waals surface area (Å²) < 4.78 is 12.6. The van der Waals surface area contributed by atoms with Crippen molar-refractivity contribution in [3.8, 4) is 0 Å². The van der Waals surface area contributed by atoms with Crippen LogP contribution in [0.15, 0.2) is 30.3 Å². The summed E-state index contributed by atoms with van der Waals surface area (Å²) in [7, 11) is 0. The van der Waals surface area contributed by atoms with Crippen LogP contribution < -0.4 is 0 Å². The Morgan fingerprint density at radius 1 is 1.31 bits per heavy atom. The highest BCUT2D eigenvalue weighted by Gasteiger charge is 2.41. The van der Waals surface area contributed by atoms with Gasteiger partial charge in [0.2, 0.25) is 0 Å². The Labute approximate surface area is 93.4 Å². The standard InChI is InChI=1S/C13H13FO2/c14-11-4-2-10(3-5-11)6-9-13(12(15)16)7-1-8-13/h2-6,9H,1,7-8H2,(H,15,16)/b9-6+. The second-order valence-electron chi connectivity index (χ2n) is 4.20. The summed E-state index contributed by atoms with van der Waals surface area (Å²) in [4.78, 5) is 11.1. The molecule has 1 aromatic carbocycles. The maximum atomic E-state index is 12.6. The lowest BCUT2D eigenvalue weighted by molar-refractivity contribution is -0.150. The van der Waals surface area contributed by atoms with Crippen molar-refractivity contribution in [3.05, 3.63) is 41.7 Å². The molecule has 3 heteroatoms. The fraction of sp³-hybridized carbons (Fsp3) is 0.308. The van der Waals surface area contributed by atoms with Gasteiger partial charge in [-0.25, -0.2) is 4.39 Å². The van der Waals surface area contributed by atoms with E-state index in [0.29, 0.717) is 12.8 Å². The third kappa shape index (κ3) is 1.98. The van der Waals surface area contributed by atoms with Crippen molar-refractivity contribution in [1.29, 1.82) is 0 Å². The van der Waals surface area contributed by atoms with E-state index in [1.807, 2.05) is 0 Å². The van der Waals surface area contributed by atoms with E-state index >= 15 is 0 Å². The summed E-state index contributed by atoms with van der Waals surface area (Å²) in [6.45, 7) is 0. The fourth-order valence-corrected chi connectivity index (χ4v) is 1.84. The smallest absolute Gasteiger partial charge is 0.313 e. The van der Waals surface area contributed by atoms with Gasteiger partial charge in [-0.05, 0) is 30.5 Å². The summed E-state index contributed by atoms with van der Waals surface area (Å²) in [5.41, 5.74) is 0.142. The van der Waals surface area contributed by atoms with Gasteiger partial charge in [0.1, 0.15) is 5.82 Å². The van der Waals surface area contributed by atoms with E-state index in [9.17, 15) is 9.18 Å². The number of carbonyl (C=O) groups is 1. The first-order valence-corrected chi connectivity index (χ1v) is 5.31. The average molecular weight is 220 g/mol. The molecule has 0 radical (unpaired) electrons. The first-order chi connectivity index (χ1) is 7.62. The van der Waals surface area contributed by atoms with E-state index in [0.717, 1.165) is 12.0 Å². The van der Waals surface area contributed by atoms with Gasteiger partial charge >= 0.3 is 5.97 Å². The maximum absolute atomic E-state index is 12.6. The van der Waals surface area contributed by atoms with Gasteiger partial charge in [-0.3, -0.25) is 4.79 Å². The molecule has 1 aromatic rings. The van der Waals surface area contributed by atoms with E-state index < -0.39 is 11.4 Å². The van der Waals surface area contributed by atoms with Gasteiger partial charge in [0.05, 0.1) is 5.41 Å². The molecule has 84 valence electrons. The lowest BCUT2D eigenvalue weighted by atomic mass is 9.68. The third-order valence-corrected chi connectivity index (χ3v) is 3.14. The van der Waals surface area contributed by atoms with E-state index in [1.165, 1.54) is 12.1 Å². The molecule has 0 aliphatic heterocycles. The number of carboxylic acid groups (broad SMARTS) is 1. The molecule has 0 aromatic heterocycles. The molecule has 0 heterocycles. The average Bonchev–Trinajstić information content (AvgIpc) is 2.18. The summed E-state index contributed by atoms with van der Waals surface area (Å²) in [6.07, 6.45) is 5.83. The summed E-state index contributed by atoms with van der Waals surface area (Å²) >= 11 is 0. The number of carboxylic acids is 1. The van der Waals surface area contributed by atoms with Crippen LogP contribution in [0.2, 0.25) is 0 Å². The van der Waals surface area contributed by atoms with E-state index in [4.69, 9.17) is 5.11 Å². The molecule has 0 bridgehead atoms. The molecule has 1 saturated carbocycles. The molecule has 2 nitrogen and oxygen atoms in total. The van der Waals surface area contributed by atoms with Crippen LogP contribution in [0.5, 0.6) is 0 Å².